The zero-order valence-corrected chi connectivity index (χ0v) is 19.1. The van der Waals surface area contributed by atoms with E-state index < -0.39 is 0 Å². The van der Waals surface area contributed by atoms with Crippen LogP contribution in [-0.4, -0.2) is 47.0 Å². The summed E-state index contributed by atoms with van der Waals surface area (Å²) in [6.07, 6.45) is 1.48. The summed E-state index contributed by atoms with van der Waals surface area (Å²) in [4.78, 5) is 21.4. The summed E-state index contributed by atoms with van der Waals surface area (Å²) in [6, 6.07) is 17.1. The number of rotatable bonds is 7. The van der Waals surface area contributed by atoms with Gasteiger partial charge >= 0.3 is 0 Å². The largest absolute Gasteiger partial charge is 0.447 e. The van der Waals surface area contributed by atoms with Gasteiger partial charge in [-0.05, 0) is 37.5 Å². The van der Waals surface area contributed by atoms with Crippen molar-refractivity contribution < 1.29 is 13.9 Å². The highest BCUT2D eigenvalue weighted by Crippen LogP contribution is 2.26. The second kappa shape index (κ2) is 10.1. The number of hydrogen-bond acceptors (Lipinski definition) is 5. The molecule has 4 rings (SSSR count). The second-order valence-corrected chi connectivity index (χ2v) is 8.45. The van der Waals surface area contributed by atoms with Crippen molar-refractivity contribution in [2.24, 2.45) is 0 Å². The van der Waals surface area contributed by atoms with Crippen LogP contribution in [0, 0.1) is 13.8 Å². The van der Waals surface area contributed by atoms with Crippen molar-refractivity contribution in [2.75, 3.05) is 26.3 Å². The molecule has 6 heteroatoms. The molecule has 1 aromatic heterocycles. The number of amides is 1. The number of carbonyl (C=O) groups is 1. The molecule has 1 atom stereocenters. The van der Waals surface area contributed by atoms with E-state index in [0.717, 1.165) is 6.54 Å². The molecule has 0 spiro atoms. The molecule has 0 saturated carbocycles. The standard InChI is InChI=1S/C26H31N3O3/c1-19-9-10-20(2)23(15-19)16-29(21(3)22-7-5-4-6-8-22)17-25-27-24(18-32-25)26(30)28-11-13-31-14-12-28/h4-10,15,18,21H,11-14,16-17H2,1-3H3. The first-order chi connectivity index (χ1) is 15.5. The molecular weight excluding hydrogens is 402 g/mol. The highest BCUT2D eigenvalue weighted by molar-refractivity contribution is 5.92. The first-order valence-corrected chi connectivity index (χ1v) is 11.2. The van der Waals surface area contributed by atoms with Crippen LogP contribution in [0.3, 0.4) is 0 Å². The monoisotopic (exact) mass is 433 g/mol. The van der Waals surface area contributed by atoms with Crippen LogP contribution < -0.4 is 0 Å². The molecule has 168 valence electrons. The van der Waals surface area contributed by atoms with Crippen LogP contribution in [0.25, 0.3) is 0 Å². The quantitative estimate of drug-likeness (QED) is 0.548. The summed E-state index contributed by atoms with van der Waals surface area (Å²) in [7, 11) is 0. The Morgan fingerprint density at radius 2 is 1.84 bits per heavy atom. The molecule has 3 aromatic rings. The predicted octanol–water partition coefficient (Wildman–Crippen LogP) is 4.53. The molecule has 1 unspecified atom stereocenters. The molecule has 0 aliphatic carbocycles. The van der Waals surface area contributed by atoms with Gasteiger partial charge in [0.05, 0.1) is 19.8 Å². The van der Waals surface area contributed by atoms with Crippen molar-refractivity contribution in [3.63, 3.8) is 0 Å². The second-order valence-electron chi connectivity index (χ2n) is 8.45. The molecule has 0 radical (unpaired) electrons. The average molecular weight is 434 g/mol. The lowest BCUT2D eigenvalue weighted by Crippen LogP contribution is -2.40. The number of hydrogen-bond donors (Lipinski definition) is 0. The molecule has 0 N–H and O–H groups in total. The van der Waals surface area contributed by atoms with E-state index in [-0.39, 0.29) is 11.9 Å². The molecule has 2 heterocycles. The van der Waals surface area contributed by atoms with Gasteiger partial charge in [0.2, 0.25) is 5.89 Å². The molecule has 32 heavy (non-hydrogen) atoms. The van der Waals surface area contributed by atoms with Crippen LogP contribution in [0.4, 0.5) is 0 Å². The maximum atomic E-state index is 12.8. The Balaban J connectivity index is 1.55. The van der Waals surface area contributed by atoms with E-state index in [9.17, 15) is 4.79 Å². The van der Waals surface area contributed by atoms with Gasteiger partial charge in [-0.15, -0.1) is 0 Å². The number of benzene rings is 2. The Morgan fingerprint density at radius 1 is 1.09 bits per heavy atom. The summed E-state index contributed by atoms with van der Waals surface area (Å²) < 4.78 is 11.1. The van der Waals surface area contributed by atoms with E-state index in [4.69, 9.17) is 9.15 Å². The minimum absolute atomic E-state index is 0.0968. The van der Waals surface area contributed by atoms with Crippen LogP contribution in [0.5, 0.6) is 0 Å². The number of nitrogens with zero attached hydrogens (tertiary/aromatic N) is 3. The van der Waals surface area contributed by atoms with Crippen molar-refractivity contribution >= 4 is 5.91 Å². The zero-order valence-electron chi connectivity index (χ0n) is 19.1. The number of aryl methyl sites for hydroxylation is 2. The third kappa shape index (κ3) is 5.26. The number of morpholine rings is 1. The van der Waals surface area contributed by atoms with E-state index in [0.29, 0.717) is 44.4 Å². The number of ether oxygens (including phenoxy) is 1. The summed E-state index contributed by atoms with van der Waals surface area (Å²) in [5, 5.41) is 0. The van der Waals surface area contributed by atoms with Crippen LogP contribution in [0.1, 0.15) is 51.6 Å². The molecule has 1 saturated heterocycles. The summed E-state index contributed by atoms with van der Waals surface area (Å²) in [6.45, 7) is 10.0. The van der Waals surface area contributed by atoms with Crippen LogP contribution in [0.2, 0.25) is 0 Å². The predicted molar refractivity (Wildman–Crippen MR) is 123 cm³/mol. The van der Waals surface area contributed by atoms with Crippen LogP contribution >= 0.6 is 0 Å². The average Bonchev–Trinajstić information content (AvgIpc) is 3.29. The smallest absolute Gasteiger partial charge is 0.275 e. The Kier molecular flexibility index (Phi) is 7.02. The van der Waals surface area contributed by atoms with Gasteiger partial charge < -0.3 is 14.1 Å². The Labute approximate surface area is 189 Å². The lowest BCUT2D eigenvalue weighted by atomic mass is 10.0. The van der Waals surface area contributed by atoms with Crippen molar-refractivity contribution in [1.82, 2.24) is 14.8 Å². The molecule has 1 aliphatic heterocycles. The van der Waals surface area contributed by atoms with E-state index in [1.807, 2.05) is 6.07 Å². The molecule has 2 aromatic carbocycles. The van der Waals surface area contributed by atoms with Gasteiger partial charge in [0, 0.05) is 25.7 Å². The van der Waals surface area contributed by atoms with Crippen LogP contribution in [0.15, 0.2) is 59.2 Å². The van der Waals surface area contributed by atoms with E-state index in [1.165, 1.54) is 28.5 Å². The van der Waals surface area contributed by atoms with Crippen molar-refractivity contribution in [2.45, 2.75) is 39.9 Å². The third-order valence-corrected chi connectivity index (χ3v) is 6.12. The first-order valence-electron chi connectivity index (χ1n) is 11.2. The Hall–Kier alpha value is -2.96. The van der Waals surface area contributed by atoms with Gasteiger partial charge in [-0.2, -0.15) is 0 Å². The normalized spacial score (nSPS) is 15.2. The van der Waals surface area contributed by atoms with Gasteiger partial charge in [-0.1, -0.05) is 54.1 Å². The summed E-state index contributed by atoms with van der Waals surface area (Å²) >= 11 is 0. The van der Waals surface area contributed by atoms with Gasteiger partial charge in [0.25, 0.3) is 5.91 Å². The highest BCUT2D eigenvalue weighted by atomic mass is 16.5. The Morgan fingerprint density at radius 3 is 2.59 bits per heavy atom. The number of carbonyl (C=O) groups excluding carboxylic acids is 1. The van der Waals surface area contributed by atoms with E-state index >= 15 is 0 Å². The maximum absolute atomic E-state index is 12.8. The van der Waals surface area contributed by atoms with E-state index in [1.54, 1.807) is 4.90 Å². The first kappa shape index (κ1) is 22.2. The van der Waals surface area contributed by atoms with Crippen LogP contribution in [-0.2, 0) is 17.8 Å². The van der Waals surface area contributed by atoms with Gasteiger partial charge in [0.15, 0.2) is 5.69 Å². The number of oxazole rings is 1. The molecule has 1 aliphatic rings. The SMILES string of the molecule is Cc1ccc(C)c(CN(Cc2nc(C(=O)N3CCOCC3)co2)C(C)c2ccccc2)c1. The maximum Gasteiger partial charge on any atom is 0.275 e. The fraction of sp³-hybridized carbons (Fsp3) is 0.385. The molecule has 1 fully saturated rings. The minimum atomic E-state index is -0.0968. The summed E-state index contributed by atoms with van der Waals surface area (Å²) in [5.41, 5.74) is 5.38. The topological polar surface area (TPSA) is 58.8 Å². The molecular formula is C26H31N3O3. The third-order valence-electron chi connectivity index (χ3n) is 6.12. The number of aromatic nitrogens is 1. The van der Waals surface area contributed by atoms with Crippen molar-refractivity contribution in [3.05, 3.63) is 88.6 Å². The lowest BCUT2D eigenvalue weighted by molar-refractivity contribution is 0.0299. The summed E-state index contributed by atoms with van der Waals surface area (Å²) in [5.74, 6) is 0.454. The highest BCUT2D eigenvalue weighted by Gasteiger charge is 2.24. The fourth-order valence-electron chi connectivity index (χ4n) is 4.05. The fourth-order valence-corrected chi connectivity index (χ4v) is 4.05. The Bertz CT molecular complexity index is 1040. The molecule has 6 nitrogen and oxygen atoms in total. The van der Waals surface area contributed by atoms with Gasteiger partial charge in [-0.3, -0.25) is 9.69 Å². The lowest BCUT2D eigenvalue weighted by Gasteiger charge is -2.29. The van der Waals surface area contributed by atoms with Gasteiger partial charge in [0.1, 0.15) is 6.26 Å². The molecule has 1 amide bonds. The van der Waals surface area contributed by atoms with E-state index in [2.05, 4.69) is 73.1 Å². The van der Waals surface area contributed by atoms with Crippen molar-refractivity contribution in [3.8, 4) is 0 Å². The minimum Gasteiger partial charge on any atom is -0.447 e. The van der Waals surface area contributed by atoms with Gasteiger partial charge in [-0.25, -0.2) is 4.98 Å². The van der Waals surface area contributed by atoms with Crippen molar-refractivity contribution in [1.29, 1.82) is 0 Å². The zero-order chi connectivity index (χ0) is 22.5. The molecule has 0 bridgehead atoms.